The van der Waals surface area contributed by atoms with Crippen LogP contribution in [0.5, 0.6) is 5.75 Å². The number of aryl methyl sites for hydroxylation is 1. The Bertz CT molecular complexity index is 358. The van der Waals surface area contributed by atoms with Crippen LogP contribution in [0.4, 0.5) is 0 Å². The Hall–Kier alpha value is -0.730. The number of aromatic hydroxyl groups is 1. The highest BCUT2D eigenvalue weighted by Gasteiger charge is 2.41. The number of rotatable bonds is 1. The molecule has 3 N–H and O–H groups in total. The quantitative estimate of drug-likeness (QED) is 0.726. The number of nitrogens with two attached hydrogens (primary N) is 1. The first-order valence-electron chi connectivity index (χ1n) is 4.31. The molecule has 0 aliphatic heterocycles. The van der Waals surface area contributed by atoms with Gasteiger partial charge in [-0.1, -0.05) is 11.6 Å². The van der Waals surface area contributed by atoms with Crippen molar-refractivity contribution in [2.45, 2.75) is 25.3 Å². The minimum atomic E-state index is -0.202. The maximum atomic E-state index is 9.43. The van der Waals surface area contributed by atoms with Crippen LogP contribution in [0, 0.1) is 6.92 Å². The summed E-state index contributed by atoms with van der Waals surface area (Å²) in [6, 6.07) is 3.45. The lowest BCUT2D eigenvalue weighted by Gasteiger charge is -2.13. The molecule has 2 rings (SSSR count). The number of phenolic OH excluding ortho intramolecular Hbond substituents is 1. The Labute approximate surface area is 82.3 Å². The van der Waals surface area contributed by atoms with Crippen molar-refractivity contribution in [1.29, 1.82) is 0 Å². The summed E-state index contributed by atoms with van der Waals surface area (Å²) in [5.41, 5.74) is 7.91. The van der Waals surface area contributed by atoms with Gasteiger partial charge in [-0.2, -0.15) is 0 Å². The van der Waals surface area contributed by atoms with Gasteiger partial charge in [0.05, 0.1) is 5.02 Å². The van der Waals surface area contributed by atoms with Crippen molar-refractivity contribution < 1.29 is 5.11 Å². The van der Waals surface area contributed by atoms with E-state index in [0.29, 0.717) is 5.02 Å². The molecule has 13 heavy (non-hydrogen) atoms. The van der Waals surface area contributed by atoms with Crippen molar-refractivity contribution in [3.05, 3.63) is 28.3 Å². The van der Waals surface area contributed by atoms with Crippen molar-refractivity contribution >= 4 is 11.6 Å². The average Bonchev–Trinajstić information content (AvgIpc) is 2.77. The molecule has 1 saturated carbocycles. The zero-order valence-electron chi connectivity index (χ0n) is 7.47. The number of hydrogen-bond acceptors (Lipinski definition) is 2. The van der Waals surface area contributed by atoms with E-state index >= 15 is 0 Å². The van der Waals surface area contributed by atoms with Gasteiger partial charge in [0.1, 0.15) is 5.75 Å². The first-order chi connectivity index (χ1) is 6.03. The van der Waals surface area contributed by atoms with Crippen molar-refractivity contribution in [2.75, 3.05) is 0 Å². The normalized spacial score (nSPS) is 18.7. The topological polar surface area (TPSA) is 46.2 Å². The monoisotopic (exact) mass is 197 g/mol. The predicted molar refractivity (Wildman–Crippen MR) is 53.0 cm³/mol. The van der Waals surface area contributed by atoms with Gasteiger partial charge in [-0.15, -0.1) is 0 Å². The summed E-state index contributed by atoms with van der Waals surface area (Å²) in [6.45, 7) is 1.97. The lowest BCUT2D eigenvalue weighted by Crippen LogP contribution is -2.19. The molecular weight excluding hydrogens is 186 g/mol. The molecule has 0 radical (unpaired) electrons. The van der Waals surface area contributed by atoms with E-state index in [2.05, 4.69) is 0 Å². The third kappa shape index (κ3) is 1.40. The maximum Gasteiger partial charge on any atom is 0.134 e. The minimum Gasteiger partial charge on any atom is -0.506 e. The fraction of sp³-hybridized carbons (Fsp3) is 0.400. The number of phenols is 1. The second-order valence-corrected chi connectivity index (χ2v) is 4.18. The van der Waals surface area contributed by atoms with Gasteiger partial charge in [0.15, 0.2) is 0 Å². The van der Waals surface area contributed by atoms with E-state index < -0.39 is 0 Å². The zero-order chi connectivity index (χ0) is 9.64. The summed E-state index contributed by atoms with van der Waals surface area (Å²) >= 11 is 5.77. The van der Waals surface area contributed by atoms with Gasteiger partial charge in [-0.25, -0.2) is 0 Å². The lowest BCUT2D eigenvalue weighted by atomic mass is 10.00. The van der Waals surface area contributed by atoms with Crippen molar-refractivity contribution in [1.82, 2.24) is 0 Å². The molecule has 0 atom stereocenters. The molecule has 0 saturated heterocycles. The average molecular weight is 198 g/mol. The molecule has 0 unspecified atom stereocenters. The summed E-state index contributed by atoms with van der Waals surface area (Å²) in [5.74, 6) is 0.124. The molecule has 1 fully saturated rings. The summed E-state index contributed by atoms with van der Waals surface area (Å²) in [6.07, 6.45) is 1.99. The van der Waals surface area contributed by atoms with Gasteiger partial charge in [0, 0.05) is 5.54 Å². The van der Waals surface area contributed by atoms with Crippen LogP contribution >= 0.6 is 11.6 Å². The number of benzene rings is 1. The Morgan fingerprint density at radius 3 is 2.62 bits per heavy atom. The second-order valence-electron chi connectivity index (χ2n) is 3.77. The van der Waals surface area contributed by atoms with Gasteiger partial charge in [0.25, 0.3) is 0 Å². The van der Waals surface area contributed by atoms with Crippen molar-refractivity contribution in [3.63, 3.8) is 0 Å². The fourth-order valence-electron chi connectivity index (χ4n) is 1.60. The Morgan fingerprint density at radius 1 is 1.46 bits per heavy atom. The molecule has 1 aliphatic rings. The van der Waals surface area contributed by atoms with Gasteiger partial charge < -0.3 is 10.8 Å². The third-order valence-corrected chi connectivity index (χ3v) is 2.92. The fourth-order valence-corrected chi connectivity index (χ4v) is 1.82. The van der Waals surface area contributed by atoms with Crippen LogP contribution in [0.25, 0.3) is 0 Å². The van der Waals surface area contributed by atoms with E-state index in [0.717, 1.165) is 24.0 Å². The van der Waals surface area contributed by atoms with Crippen molar-refractivity contribution in [3.8, 4) is 5.75 Å². The van der Waals surface area contributed by atoms with E-state index in [4.69, 9.17) is 17.3 Å². The van der Waals surface area contributed by atoms with Gasteiger partial charge >= 0.3 is 0 Å². The highest BCUT2D eigenvalue weighted by atomic mass is 35.5. The number of halogens is 1. The molecule has 1 aromatic rings. The largest absolute Gasteiger partial charge is 0.506 e. The van der Waals surface area contributed by atoms with E-state index in [1.54, 1.807) is 12.1 Å². The van der Waals surface area contributed by atoms with E-state index in [1.807, 2.05) is 6.92 Å². The SMILES string of the molecule is Cc1cc(Cl)c(O)cc1C1(N)CC1. The van der Waals surface area contributed by atoms with Crippen LogP contribution in [-0.2, 0) is 5.54 Å². The van der Waals surface area contributed by atoms with E-state index in [-0.39, 0.29) is 11.3 Å². The molecule has 3 heteroatoms. The Balaban J connectivity index is 2.52. The minimum absolute atomic E-state index is 0.124. The first-order valence-corrected chi connectivity index (χ1v) is 4.69. The van der Waals surface area contributed by atoms with Crippen LogP contribution in [0.2, 0.25) is 5.02 Å². The number of hydrogen-bond donors (Lipinski definition) is 2. The van der Waals surface area contributed by atoms with Crippen LogP contribution < -0.4 is 5.73 Å². The smallest absolute Gasteiger partial charge is 0.134 e. The zero-order valence-corrected chi connectivity index (χ0v) is 8.23. The summed E-state index contributed by atoms with van der Waals surface area (Å²) in [5, 5.41) is 9.82. The van der Waals surface area contributed by atoms with Crippen LogP contribution in [0.1, 0.15) is 24.0 Å². The predicted octanol–water partition coefficient (Wildman–Crippen LogP) is 2.30. The van der Waals surface area contributed by atoms with Gasteiger partial charge in [-0.05, 0) is 43.0 Å². The molecule has 0 bridgehead atoms. The molecule has 1 aliphatic carbocycles. The highest BCUT2D eigenvalue weighted by Crippen LogP contribution is 2.45. The van der Waals surface area contributed by atoms with Gasteiger partial charge in [-0.3, -0.25) is 0 Å². The molecular formula is C10H12ClNO. The summed E-state index contributed by atoms with van der Waals surface area (Å²) in [7, 11) is 0. The maximum absolute atomic E-state index is 9.43. The van der Waals surface area contributed by atoms with Crippen LogP contribution in [-0.4, -0.2) is 5.11 Å². The molecule has 1 aromatic carbocycles. The molecule has 0 spiro atoms. The van der Waals surface area contributed by atoms with E-state index in [9.17, 15) is 5.11 Å². The lowest BCUT2D eigenvalue weighted by molar-refractivity contribution is 0.473. The van der Waals surface area contributed by atoms with Crippen LogP contribution in [0.15, 0.2) is 12.1 Å². The third-order valence-electron chi connectivity index (χ3n) is 2.62. The molecule has 0 aromatic heterocycles. The standard InChI is InChI=1S/C10H12ClNO/c1-6-4-8(11)9(13)5-7(6)10(12)2-3-10/h4-5,13H,2-3,12H2,1H3. The van der Waals surface area contributed by atoms with Gasteiger partial charge in [0.2, 0.25) is 0 Å². The van der Waals surface area contributed by atoms with Crippen molar-refractivity contribution in [2.24, 2.45) is 5.73 Å². The highest BCUT2D eigenvalue weighted by molar-refractivity contribution is 6.32. The summed E-state index contributed by atoms with van der Waals surface area (Å²) in [4.78, 5) is 0. The van der Waals surface area contributed by atoms with E-state index in [1.165, 1.54) is 0 Å². The Kier molecular flexibility index (Phi) is 1.79. The molecule has 0 heterocycles. The Morgan fingerprint density at radius 2 is 2.08 bits per heavy atom. The molecule has 70 valence electrons. The van der Waals surface area contributed by atoms with Crippen LogP contribution in [0.3, 0.4) is 0 Å². The summed E-state index contributed by atoms with van der Waals surface area (Å²) < 4.78 is 0. The second kappa shape index (κ2) is 2.63. The first kappa shape index (κ1) is 8.85. The molecule has 2 nitrogen and oxygen atoms in total. The molecule has 0 amide bonds.